The predicted molar refractivity (Wildman–Crippen MR) is 185 cm³/mol. The number of hydrogen-bond donors (Lipinski definition) is 2. The minimum atomic E-state index is -1.50. The van der Waals surface area contributed by atoms with Crippen LogP contribution in [-0.2, 0) is 23.9 Å². The third-order valence-electron chi connectivity index (χ3n) is 13.9. The lowest BCUT2D eigenvalue weighted by Gasteiger charge is -2.46. The van der Waals surface area contributed by atoms with Gasteiger partial charge in [0, 0.05) is 41.4 Å². The fourth-order valence-electron chi connectivity index (χ4n) is 11.5. The number of rotatable bonds is 5. The minimum Gasteiger partial charge on any atom is -0.497 e. The van der Waals surface area contributed by atoms with E-state index in [0.717, 1.165) is 17.7 Å². The van der Waals surface area contributed by atoms with Crippen molar-refractivity contribution in [2.75, 3.05) is 20.3 Å². The van der Waals surface area contributed by atoms with Crippen LogP contribution < -0.4 is 4.74 Å². The first-order valence-corrected chi connectivity index (χ1v) is 18.2. The Bertz CT molecular complexity index is 1770. The van der Waals surface area contributed by atoms with Crippen molar-refractivity contribution in [1.29, 1.82) is 0 Å². The molecule has 0 radical (unpaired) electrons. The van der Waals surface area contributed by atoms with Gasteiger partial charge in [-0.3, -0.25) is 14.4 Å². The first-order valence-electron chi connectivity index (χ1n) is 18.2. The topological polar surface area (TPSA) is 119 Å². The molecule has 0 bridgehead atoms. The van der Waals surface area contributed by atoms with Gasteiger partial charge in [-0.15, -0.1) is 0 Å². The van der Waals surface area contributed by atoms with E-state index in [1.807, 2.05) is 43.4 Å². The van der Waals surface area contributed by atoms with Crippen LogP contribution in [0.2, 0.25) is 0 Å². The molecule has 1 aromatic carbocycles. The SMILES string of the molecule is C=C1C[C@@]23OC(=O)CC=C[C@@H]4[C@@H](C(=O)OC[C@]2(C)[C@H]3[C@@H]2C=C(CO)C[C@@H]3C(=O)C(C)=C[C@H]3[C@@]12O)[C@@H](c1ccc(OC)cc1)[C@@H]1[C@@H](C=CCC)[C@H]41. The van der Waals surface area contributed by atoms with Gasteiger partial charge in [0.2, 0.25) is 0 Å². The van der Waals surface area contributed by atoms with Gasteiger partial charge in [-0.2, -0.15) is 0 Å². The first kappa shape index (κ1) is 33.4. The molecule has 1 spiro atoms. The fraction of sp³-hybridized carbons (Fsp3) is 0.548. The standard InChI is InChI=1S/C42H48O8/c1-6-7-9-27-34-28-10-8-11-32(44)50-41-19-23(3)42(47)30-16-22(2)37(45)29(30)17-24(20-43)18-31(42)38(41)40(41,4)21-49-39(46)36(28)33(35(27)34)25-12-14-26(48-5)15-13-25/h7-10,12-16,18,27-31,33-36,38,43,47H,3,6,11,17,19-21H2,1-2,4-5H3/t27-,28-,29-,30+,31-,33-,34+,35-,36+,38+,40+,41-,42-/m0/s1. The summed E-state index contributed by atoms with van der Waals surface area (Å²) in [6.45, 7) is 9.99. The summed E-state index contributed by atoms with van der Waals surface area (Å²) >= 11 is 0. The Morgan fingerprint density at radius 3 is 2.54 bits per heavy atom. The smallest absolute Gasteiger partial charge is 0.310 e. The molecule has 0 saturated heterocycles. The molecule has 4 fully saturated rings. The van der Waals surface area contributed by atoms with Crippen LogP contribution in [-0.4, -0.2) is 59.5 Å². The molecule has 264 valence electrons. The maximum absolute atomic E-state index is 14.5. The van der Waals surface area contributed by atoms with Gasteiger partial charge in [0.25, 0.3) is 0 Å². The van der Waals surface area contributed by atoms with Gasteiger partial charge >= 0.3 is 11.9 Å². The zero-order valence-electron chi connectivity index (χ0n) is 29.3. The van der Waals surface area contributed by atoms with Gasteiger partial charge in [-0.05, 0) is 77.9 Å². The molecule has 7 aliphatic rings. The number of hydrogen-bond acceptors (Lipinski definition) is 8. The lowest BCUT2D eigenvalue weighted by molar-refractivity contribution is -0.159. The number of benzene rings is 1. The average molecular weight is 681 g/mol. The van der Waals surface area contributed by atoms with Gasteiger partial charge in [-0.25, -0.2) is 0 Å². The van der Waals surface area contributed by atoms with Crippen molar-refractivity contribution in [3.63, 3.8) is 0 Å². The van der Waals surface area contributed by atoms with Gasteiger partial charge in [0.15, 0.2) is 5.78 Å². The van der Waals surface area contributed by atoms with E-state index >= 15 is 0 Å². The van der Waals surface area contributed by atoms with Crippen LogP contribution in [0.5, 0.6) is 5.75 Å². The van der Waals surface area contributed by atoms with E-state index in [1.165, 1.54) is 0 Å². The van der Waals surface area contributed by atoms with Crippen molar-refractivity contribution in [1.82, 2.24) is 0 Å². The molecule has 1 heterocycles. The van der Waals surface area contributed by atoms with Crippen molar-refractivity contribution < 1.29 is 38.8 Å². The number of ketones is 1. The Hall–Kier alpha value is -3.75. The van der Waals surface area contributed by atoms with E-state index in [0.29, 0.717) is 29.1 Å². The highest BCUT2D eigenvalue weighted by Crippen LogP contribution is 2.77. The monoisotopic (exact) mass is 680 g/mol. The van der Waals surface area contributed by atoms with Crippen LogP contribution in [0.1, 0.15) is 57.9 Å². The molecule has 0 aromatic heterocycles. The van der Waals surface area contributed by atoms with Gasteiger partial charge in [0.1, 0.15) is 18.0 Å². The first-order chi connectivity index (χ1) is 23.9. The van der Waals surface area contributed by atoms with Crippen molar-refractivity contribution in [3.8, 4) is 5.75 Å². The number of Topliss-reactive ketones (excluding diaryl/α,β-unsaturated/α-hetero) is 1. The molecule has 13 atom stereocenters. The van der Waals surface area contributed by atoms with Crippen LogP contribution in [0, 0.1) is 58.7 Å². The number of allylic oxidation sites excluding steroid dienone is 4. The van der Waals surface area contributed by atoms with E-state index in [9.17, 15) is 24.6 Å². The Kier molecular flexibility index (Phi) is 7.77. The largest absolute Gasteiger partial charge is 0.497 e. The lowest BCUT2D eigenvalue weighted by atomic mass is 9.63. The number of aliphatic hydroxyl groups is 2. The van der Waals surface area contributed by atoms with Crippen LogP contribution in [0.4, 0.5) is 0 Å². The average Bonchev–Trinajstić information content (AvgIpc) is 3.84. The van der Waals surface area contributed by atoms with Gasteiger partial charge in [0.05, 0.1) is 31.7 Å². The number of esters is 2. The number of ether oxygens (including phenoxy) is 3. The number of aliphatic hydroxyl groups excluding tert-OH is 1. The molecule has 4 saturated carbocycles. The third kappa shape index (κ3) is 4.52. The molecule has 8 nitrogen and oxygen atoms in total. The molecular weight excluding hydrogens is 632 g/mol. The summed E-state index contributed by atoms with van der Waals surface area (Å²) in [7, 11) is 1.64. The van der Waals surface area contributed by atoms with Crippen LogP contribution in [0.3, 0.4) is 0 Å². The van der Waals surface area contributed by atoms with Crippen molar-refractivity contribution in [2.45, 2.75) is 63.6 Å². The Balaban J connectivity index is 1.17. The maximum Gasteiger partial charge on any atom is 0.310 e. The third-order valence-corrected chi connectivity index (χ3v) is 13.9. The zero-order valence-corrected chi connectivity index (χ0v) is 29.3. The second-order valence-corrected chi connectivity index (χ2v) is 16.1. The summed E-state index contributed by atoms with van der Waals surface area (Å²) in [5.74, 6) is -1.71. The highest BCUT2D eigenvalue weighted by atomic mass is 16.6. The molecule has 0 unspecified atom stereocenters. The Morgan fingerprint density at radius 1 is 1.08 bits per heavy atom. The molecule has 8 rings (SSSR count). The molecule has 6 aliphatic carbocycles. The van der Waals surface area contributed by atoms with Gasteiger partial charge in [-0.1, -0.05) is 69.0 Å². The zero-order chi connectivity index (χ0) is 35.3. The fourth-order valence-corrected chi connectivity index (χ4v) is 11.5. The second-order valence-electron chi connectivity index (χ2n) is 16.1. The molecule has 8 heteroatoms. The van der Waals surface area contributed by atoms with Crippen LogP contribution in [0.25, 0.3) is 0 Å². The Labute approximate surface area is 293 Å². The predicted octanol–water partition coefficient (Wildman–Crippen LogP) is 5.67. The summed E-state index contributed by atoms with van der Waals surface area (Å²) in [6, 6.07) is 7.99. The summed E-state index contributed by atoms with van der Waals surface area (Å²) in [4.78, 5) is 41.5. The number of methoxy groups -OCH3 is 1. The number of carbonyl (C=O) groups excluding carboxylic acids is 3. The molecule has 0 amide bonds. The van der Waals surface area contributed by atoms with Gasteiger partial charge < -0.3 is 24.4 Å². The quantitative estimate of drug-likeness (QED) is 0.302. The van der Waals surface area contributed by atoms with Crippen molar-refractivity contribution in [3.05, 3.63) is 89.6 Å². The van der Waals surface area contributed by atoms with Crippen LogP contribution in [0.15, 0.2) is 84.0 Å². The summed E-state index contributed by atoms with van der Waals surface area (Å²) in [6.07, 6.45) is 13.7. The van der Waals surface area contributed by atoms with Crippen LogP contribution >= 0.6 is 0 Å². The van der Waals surface area contributed by atoms with E-state index in [1.54, 1.807) is 14.0 Å². The Morgan fingerprint density at radius 2 is 1.84 bits per heavy atom. The summed E-state index contributed by atoms with van der Waals surface area (Å²) in [5.41, 5.74) is -0.558. The second kappa shape index (κ2) is 11.6. The molecule has 1 aromatic rings. The van der Waals surface area contributed by atoms with E-state index < -0.39 is 46.2 Å². The number of cyclic esters (lactones) is 1. The maximum atomic E-state index is 14.5. The summed E-state index contributed by atoms with van der Waals surface area (Å²) in [5, 5.41) is 23.1. The molecule has 1 aliphatic heterocycles. The van der Waals surface area contributed by atoms with Crippen molar-refractivity contribution in [2.24, 2.45) is 58.7 Å². The number of fused-ring (bicyclic) bond motifs is 8. The lowest BCUT2D eigenvalue weighted by Crippen LogP contribution is -2.53. The van der Waals surface area contributed by atoms with E-state index in [-0.39, 0.29) is 67.4 Å². The highest BCUT2D eigenvalue weighted by molar-refractivity contribution is 6.00. The number of carbonyl (C=O) groups is 3. The molecule has 50 heavy (non-hydrogen) atoms. The molecular formula is C42H48O8. The minimum absolute atomic E-state index is 0.00456. The molecule has 2 N–H and O–H groups in total. The van der Waals surface area contributed by atoms with E-state index in [4.69, 9.17) is 14.2 Å². The van der Waals surface area contributed by atoms with Crippen molar-refractivity contribution >= 4 is 17.7 Å². The normalized spacial score (nSPS) is 44.4. The summed E-state index contributed by atoms with van der Waals surface area (Å²) < 4.78 is 18.3. The van der Waals surface area contributed by atoms with E-state index in [2.05, 4.69) is 37.8 Å². The highest BCUT2D eigenvalue weighted by Gasteiger charge is 2.84.